The van der Waals surface area contributed by atoms with E-state index in [2.05, 4.69) is 9.97 Å². The number of hydrogen-bond acceptors (Lipinski definition) is 4. The molecule has 0 unspecified atom stereocenters. The molecule has 0 saturated heterocycles. The molecule has 2 rings (SSSR count). The quantitative estimate of drug-likeness (QED) is 0.443. The van der Waals surface area contributed by atoms with E-state index in [0.717, 1.165) is 0 Å². The minimum absolute atomic E-state index is 0.114. The van der Waals surface area contributed by atoms with Crippen LogP contribution in [-0.4, -0.2) is 19.5 Å². The van der Waals surface area contributed by atoms with Crippen LogP contribution in [0.3, 0.4) is 0 Å². The second-order valence-corrected chi connectivity index (χ2v) is 3.09. The summed E-state index contributed by atoms with van der Waals surface area (Å²) in [6, 6.07) is 2.69. The molecule has 2 aromatic heterocycles. The molecule has 76 valence electrons. The smallest absolute Gasteiger partial charge is 0.285 e. The first-order chi connectivity index (χ1) is 7.18. The molecule has 0 bridgehead atoms. The molecule has 0 atom stereocenters. The highest BCUT2D eigenvalue weighted by molar-refractivity contribution is 6.29. The zero-order chi connectivity index (χ0) is 10.8. The topological polar surface area (TPSA) is 73.8 Å². The monoisotopic (exact) mass is 224 g/mol. The third-order valence-electron chi connectivity index (χ3n) is 1.77. The van der Waals surface area contributed by atoms with Crippen molar-refractivity contribution in [2.75, 3.05) is 0 Å². The first-order valence-corrected chi connectivity index (χ1v) is 4.35. The predicted octanol–water partition coefficient (Wildman–Crippen LogP) is 1.83. The Kier molecular flexibility index (Phi) is 2.34. The molecular weight excluding hydrogens is 220 g/mol. The molecule has 0 saturated carbocycles. The van der Waals surface area contributed by atoms with Gasteiger partial charge >= 0.3 is 5.69 Å². The van der Waals surface area contributed by atoms with Gasteiger partial charge in [0.2, 0.25) is 5.82 Å². The van der Waals surface area contributed by atoms with Gasteiger partial charge in [-0.15, -0.1) is 0 Å². The lowest BCUT2D eigenvalue weighted by Crippen LogP contribution is -2.01. The van der Waals surface area contributed by atoms with Crippen LogP contribution in [0.4, 0.5) is 5.69 Å². The van der Waals surface area contributed by atoms with Crippen LogP contribution in [0, 0.1) is 10.1 Å². The van der Waals surface area contributed by atoms with Crippen molar-refractivity contribution in [3.63, 3.8) is 0 Å². The molecule has 0 aliphatic carbocycles. The molecule has 0 amide bonds. The van der Waals surface area contributed by atoms with Crippen LogP contribution in [0.25, 0.3) is 5.82 Å². The molecule has 0 aromatic carbocycles. The Bertz CT molecular complexity index is 497. The fourth-order valence-electron chi connectivity index (χ4n) is 1.13. The summed E-state index contributed by atoms with van der Waals surface area (Å²) < 4.78 is 1.43. The second kappa shape index (κ2) is 3.66. The molecule has 6 nitrogen and oxygen atoms in total. The van der Waals surface area contributed by atoms with Crippen LogP contribution < -0.4 is 0 Å². The number of hydrogen-bond donors (Lipinski definition) is 0. The van der Waals surface area contributed by atoms with Gasteiger partial charge in [-0.25, -0.2) is 9.97 Å². The number of rotatable bonds is 2. The van der Waals surface area contributed by atoms with Gasteiger partial charge in [0, 0.05) is 18.5 Å². The Balaban J connectivity index is 2.63. The lowest BCUT2D eigenvalue weighted by Gasteiger charge is -2.02. The minimum Gasteiger partial charge on any atom is -0.285 e. The van der Waals surface area contributed by atoms with Crippen LogP contribution in [-0.2, 0) is 0 Å². The third-order valence-corrected chi connectivity index (χ3v) is 1.98. The van der Waals surface area contributed by atoms with Crippen molar-refractivity contribution in [2.24, 2.45) is 0 Å². The van der Waals surface area contributed by atoms with Gasteiger partial charge in [-0.2, -0.15) is 0 Å². The summed E-state index contributed by atoms with van der Waals surface area (Å²) >= 11 is 5.67. The predicted molar refractivity (Wildman–Crippen MR) is 53.0 cm³/mol. The van der Waals surface area contributed by atoms with E-state index >= 15 is 0 Å². The molecular formula is C8H5ClN4O2. The minimum atomic E-state index is -0.515. The highest BCUT2D eigenvalue weighted by Gasteiger charge is 2.16. The normalized spacial score (nSPS) is 10.2. The first kappa shape index (κ1) is 9.60. The largest absolute Gasteiger partial charge is 0.312 e. The fourth-order valence-corrected chi connectivity index (χ4v) is 1.28. The molecule has 0 radical (unpaired) electrons. The lowest BCUT2D eigenvalue weighted by molar-refractivity contribution is -0.384. The van der Waals surface area contributed by atoms with E-state index in [1.54, 1.807) is 6.20 Å². The highest BCUT2D eigenvalue weighted by Crippen LogP contribution is 2.22. The number of pyridine rings is 1. The summed E-state index contributed by atoms with van der Waals surface area (Å²) in [4.78, 5) is 17.9. The molecule has 2 aromatic rings. The summed E-state index contributed by atoms with van der Waals surface area (Å²) in [7, 11) is 0. The highest BCUT2D eigenvalue weighted by atomic mass is 35.5. The standard InChI is InChI=1S/C8H5ClN4O2/c9-7-2-1-6(13(14)15)8(11-7)12-4-3-10-5-12/h1-5H. The van der Waals surface area contributed by atoms with Crippen molar-refractivity contribution < 1.29 is 4.92 Å². The van der Waals surface area contributed by atoms with E-state index in [-0.39, 0.29) is 16.7 Å². The Labute approximate surface area is 89.3 Å². The van der Waals surface area contributed by atoms with Crippen LogP contribution in [0.5, 0.6) is 0 Å². The molecule has 0 aliphatic rings. The molecule has 7 heteroatoms. The zero-order valence-corrected chi connectivity index (χ0v) is 8.13. The maximum atomic E-state index is 10.7. The van der Waals surface area contributed by atoms with Gasteiger partial charge in [0.1, 0.15) is 11.5 Å². The van der Waals surface area contributed by atoms with E-state index in [1.807, 2.05) is 0 Å². The van der Waals surface area contributed by atoms with Crippen LogP contribution in [0.2, 0.25) is 5.15 Å². The average Bonchev–Trinajstić information content (AvgIpc) is 2.69. The van der Waals surface area contributed by atoms with E-state index in [9.17, 15) is 10.1 Å². The summed E-state index contributed by atoms with van der Waals surface area (Å²) in [6.07, 6.45) is 4.49. The number of aromatic nitrogens is 3. The number of nitrogens with zero attached hydrogens (tertiary/aromatic N) is 4. The molecule has 0 N–H and O–H groups in total. The Hall–Kier alpha value is -1.95. The number of imidazole rings is 1. The number of halogens is 1. The summed E-state index contributed by atoms with van der Waals surface area (Å²) in [6.45, 7) is 0. The maximum absolute atomic E-state index is 10.7. The van der Waals surface area contributed by atoms with Gasteiger partial charge in [-0.1, -0.05) is 11.6 Å². The van der Waals surface area contributed by atoms with Gasteiger partial charge in [0.15, 0.2) is 0 Å². The van der Waals surface area contributed by atoms with E-state index in [0.29, 0.717) is 0 Å². The van der Waals surface area contributed by atoms with Crippen molar-refractivity contribution in [1.29, 1.82) is 0 Å². The van der Waals surface area contributed by atoms with Gasteiger partial charge in [0.05, 0.1) is 4.92 Å². The third kappa shape index (κ3) is 1.79. The molecule has 2 heterocycles. The SMILES string of the molecule is O=[N+]([O-])c1ccc(Cl)nc1-n1ccnc1. The van der Waals surface area contributed by atoms with Gasteiger partial charge in [-0.05, 0) is 6.07 Å². The lowest BCUT2D eigenvalue weighted by atomic mass is 10.4. The Morgan fingerprint density at radius 3 is 2.87 bits per heavy atom. The van der Waals surface area contributed by atoms with E-state index in [4.69, 9.17) is 11.6 Å². The zero-order valence-electron chi connectivity index (χ0n) is 7.37. The van der Waals surface area contributed by atoms with Crippen molar-refractivity contribution in [2.45, 2.75) is 0 Å². The van der Waals surface area contributed by atoms with Crippen molar-refractivity contribution in [1.82, 2.24) is 14.5 Å². The van der Waals surface area contributed by atoms with Gasteiger partial charge in [0.25, 0.3) is 0 Å². The average molecular weight is 225 g/mol. The van der Waals surface area contributed by atoms with Crippen LogP contribution >= 0.6 is 11.6 Å². The molecule has 0 aliphatic heterocycles. The van der Waals surface area contributed by atoms with Crippen molar-refractivity contribution in [3.05, 3.63) is 46.1 Å². The molecule has 15 heavy (non-hydrogen) atoms. The first-order valence-electron chi connectivity index (χ1n) is 3.98. The molecule has 0 spiro atoms. The van der Waals surface area contributed by atoms with Gasteiger partial charge in [-0.3, -0.25) is 14.7 Å². The summed E-state index contributed by atoms with van der Waals surface area (Å²) in [5.74, 6) is 0.157. The summed E-state index contributed by atoms with van der Waals surface area (Å²) in [5, 5.41) is 10.9. The van der Waals surface area contributed by atoms with E-state index < -0.39 is 4.92 Å². The summed E-state index contributed by atoms with van der Waals surface area (Å²) in [5.41, 5.74) is -0.114. The van der Waals surface area contributed by atoms with Crippen LogP contribution in [0.1, 0.15) is 0 Å². The Morgan fingerprint density at radius 1 is 1.47 bits per heavy atom. The van der Waals surface area contributed by atoms with Crippen LogP contribution in [0.15, 0.2) is 30.9 Å². The fraction of sp³-hybridized carbons (Fsp3) is 0. The van der Waals surface area contributed by atoms with E-state index in [1.165, 1.54) is 29.2 Å². The van der Waals surface area contributed by atoms with Gasteiger partial charge < -0.3 is 0 Å². The Morgan fingerprint density at radius 2 is 2.27 bits per heavy atom. The maximum Gasteiger partial charge on any atom is 0.312 e. The van der Waals surface area contributed by atoms with Crippen molar-refractivity contribution >= 4 is 17.3 Å². The second-order valence-electron chi connectivity index (χ2n) is 2.70. The van der Waals surface area contributed by atoms with Crippen molar-refractivity contribution in [3.8, 4) is 5.82 Å². The number of nitro groups is 1. The molecule has 0 fully saturated rings.